The molecule has 0 fully saturated rings. The smallest absolute Gasteiger partial charge is 0.462 e. The molecule has 1 N–H and O–H groups in total. The van der Waals surface area contributed by atoms with E-state index < -0.39 is 32.5 Å². The Balaban J connectivity index is 4.34. The summed E-state index contributed by atoms with van der Waals surface area (Å²) in [5.41, 5.74) is 0. The second-order valence-electron chi connectivity index (χ2n) is 11.1. The normalized spacial score (nSPS) is 14.4. The molecule has 0 bridgehead atoms. The van der Waals surface area contributed by atoms with Crippen molar-refractivity contribution in [3.8, 4) is 0 Å². The van der Waals surface area contributed by atoms with Crippen molar-refractivity contribution in [1.29, 1.82) is 0 Å². The van der Waals surface area contributed by atoms with Gasteiger partial charge in [-0.3, -0.25) is 18.6 Å². The summed E-state index contributed by atoms with van der Waals surface area (Å²) in [6.45, 7) is 5.17. The van der Waals surface area contributed by atoms with E-state index in [1.165, 1.54) is 12.8 Å². The third kappa shape index (κ3) is 33.2. The standard InChI is InChI=1S/C38H63O8P/c1-4-7-9-11-13-15-17-19-21-22-24-26-28-30-32-37(39)43-34-36(35-45-47(41,42)44-6-3)46-38(40)33-31-29-27-25-23-20-18-16-14-12-10-8-5-2/h8,10-11,13-14,16-17,19-20,23,27,29,36H,4-7,9,12,15,18,21-22,24-26,28,30-35H2,1-3H3,(H,41,42)/b10-8-,13-11-,16-14-,19-17-,23-20-,29-27-. The van der Waals surface area contributed by atoms with Crippen molar-refractivity contribution in [2.24, 2.45) is 0 Å². The van der Waals surface area contributed by atoms with Crippen LogP contribution < -0.4 is 0 Å². The molecule has 0 amide bonds. The first-order chi connectivity index (χ1) is 22.8. The highest BCUT2D eigenvalue weighted by molar-refractivity contribution is 7.47. The molecule has 2 unspecified atom stereocenters. The molecule has 0 spiro atoms. The SMILES string of the molecule is CC/C=C\C/C=C\C/C=C\C/C=C\CCC(=O)OC(COC(=O)CCCCCCC/C=C\C/C=C\CCCC)COP(=O)(O)OCC. The van der Waals surface area contributed by atoms with Gasteiger partial charge in [-0.25, -0.2) is 4.57 Å². The van der Waals surface area contributed by atoms with E-state index in [0.717, 1.165) is 70.6 Å². The van der Waals surface area contributed by atoms with Crippen molar-refractivity contribution in [2.45, 2.75) is 136 Å². The van der Waals surface area contributed by atoms with E-state index >= 15 is 0 Å². The summed E-state index contributed by atoms with van der Waals surface area (Å²) in [6, 6.07) is 0. The zero-order valence-corrected chi connectivity index (χ0v) is 30.3. The molecule has 0 saturated carbocycles. The van der Waals surface area contributed by atoms with Gasteiger partial charge in [-0.2, -0.15) is 0 Å². The Morgan fingerprint density at radius 1 is 0.596 bits per heavy atom. The van der Waals surface area contributed by atoms with Crippen molar-refractivity contribution in [3.05, 3.63) is 72.9 Å². The molecule has 0 aliphatic rings. The number of rotatable bonds is 31. The molecule has 0 aromatic rings. The molecular weight excluding hydrogens is 615 g/mol. The molecule has 8 nitrogen and oxygen atoms in total. The van der Waals surface area contributed by atoms with Crippen LogP contribution in [-0.4, -0.2) is 42.8 Å². The van der Waals surface area contributed by atoms with Gasteiger partial charge >= 0.3 is 19.8 Å². The number of ether oxygens (including phenoxy) is 2. The molecule has 0 radical (unpaired) electrons. The van der Waals surface area contributed by atoms with Crippen LogP contribution in [0.15, 0.2) is 72.9 Å². The lowest BCUT2D eigenvalue weighted by Crippen LogP contribution is -2.29. The molecule has 0 rings (SSSR count). The van der Waals surface area contributed by atoms with Gasteiger partial charge in [-0.15, -0.1) is 0 Å². The Labute approximate surface area is 285 Å². The molecule has 9 heteroatoms. The number of hydrogen-bond acceptors (Lipinski definition) is 7. The van der Waals surface area contributed by atoms with Gasteiger partial charge < -0.3 is 14.4 Å². The highest BCUT2D eigenvalue weighted by atomic mass is 31.2. The van der Waals surface area contributed by atoms with Gasteiger partial charge in [-0.1, -0.05) is 119 Å². The van der Waals surface area contributed by atoms with Crippen LogP contribution in [0.2, 0.25) is 0 Å². The van der Waals surface area contributed by atoms with Crippen molar-refractivity contribution in [1.82, 2.24) is 0 Å². The van der Waals surface area contributed by atoms with E-state index in [2.05, 4.69) is 74.6 Å². The molecule has 268 valence electrons. The molecular formula is C38H63O8P. The lowest BCUT2D eigenvalue weighted by atomic mass is 10.1. The number of phosphoric ester groups is 1. The van der Waals surface area contributed by atoms with E-state index in [1.54, 1.807) is 6.92 Å². The van der Waals surface area contributed by atoms with Crippen LogP contribution in [0.4, 0.5) is 0 Å². The van der Waals surface area contributed by atoms with Crippen LogP contribution in [0, 0.1) is 0 Å². The van der Waals surface area contributed by atoms with Crippen LogP contribution in [0.5, 0.6) is 0 Å². The van der Waals surface area contributed by atoms with Gasteiger partial charge in [0.1, 0.15) is 6.61 Å². The Morgan fingerprint density at radius 2 is 1.13 bits per heavy atom. The second kappa shape index (κ2) is 33.4. The average Bonchev–Trinajstić information content (AvgIpc) is 3.04. The molecule has 0 aliphatic heterocycles. The maximum atomic E-state index is 12.4. The van der Waals surface area contributed by atoms with E-state index in [4.69, 9.17) is 18.5 Å². The van der Waals surface area contributed by atoms with Crippen molar-refractivity contribution >= 4 is 19.8 Å². The number of carbonyl (C=O) groups is 2. The zero-order chi connectivity index (χ0) is 34.7. The largest absolute Gasteiger partial charge is 0.472 e. The summed E-state index contributed by atoms with van der Waals surface area (Å²) in [6.07, 6.45) is 39.7. The van der Waals surface area contributed by atoms with E-state index in [9.17, 15) is 19.0 Å². The lowest BCUT2D eigenvalue weighted by Gasteiger charge is -2.19. The first-order valence-corrected chi connectivity index (χ1v) is 19.2. The maximum Gasteiger partial charge on any atom is 0.472 e. The Kier molecular flexibility index (Phi) is 31.6. The van der Waals surface area contributed by atoms with Crippen molar-refractivity contribution in [2.75, 3.05) is 19.8 Å². The van der Waals surface area contributed by atoms with Crippen LogP contribution >= 0.6 is 7.82 Å². The van der Waals surface area contributed by atoms with Gasteiger partial charge in [0.2, 0.25) is 0 Å². The Bertz CT molecular complexity index is 996. The first kappa shape index (κ1) is 44.5. The van der Waals surface area contributed by atoms with Gasteiger partial charge in [0.05, 0.1) is 13.2 Å². The van der Waals surface area contributed by atoms with E-state index in [0.29, 0.717) is 12.8 Å². The fourth-order valence-corrected chi connectivity index (χ4v) is 4.94. The first-order valence-electron chi connectivity index (χ1n) is 17.7. The summed E-state index contributed by atoms with van der Waals surface area (Å²) in [5.74, 6) is -0.919. The fraction of sp³-hybridized carbons (Fsp3) is 0.632. The predicted octanol–water partition coefficient (Wildman–Crippen LogP) is 10.6. The molecule has 0 heterocycles. The monoisotopic (exact) mass is 678 g/mol. The Hall–Kier alpha value is -2.51. The van der Waals surface area contributed by atoms with Crippen LogP contribution in [-0.2, 0) is 32.7 Å². The lowest BCUT2D eigenvalue weighted by molar-refractivity contribution is -0.161. The minimum absolute atomic E-state index is 0.0183. The quantitative estimate of drug-likeness (QED) is 0.0334. The maximum absolute atomic E-state index is 12.4. The van der Waals surface area contributed by atoms with Gasteiger partial charge in [0.25, 0.3) is 0 Å². The molecule has 0 aliphatic carbocycles. The summed E-state index contributed by atoms with van der Waals surface area (Å²) >= 11 is 0. The number of hydrogen-bond donors (Lipinski definition) is 1. The average molecular weight is 679 g/mol. The van der Waals surface area contributed by atoms with Gasteiger partial charge in [-0.05, 0) is 71.1 Å². The molecule has 2 atom stereocenters. The number of phosphoric acid groups is 1. The van der Waals surface area contributed by atoms with E-state index in [1.807, 2.05) is 12.2 Å². The number of esters is 2. The van der Waals surface area contributed by atoms with Crippen molar-refractivity contribution < 1.29 is 37.6 Å². The third-order valence-corrected chi connectivity index (χ3v) is 7.82. The number of allylic oxidation sites excluding steroid dienone is 12. The molecule has 0 aromatic heterocycles. The minimum Gasteiger partial charge on any atom is -0.462 e. The summed E-state index contributed by atoms with van der Waals surface area (Å²) < 4.78 is 32.3. The van der Waals surface area contributed by atoms with Gasteiger partial charge in [0.15, 0.2) is 6.10 Å². The highest BCUT2D eigenvalue weighted by Crippen LogP contribution is 2.43. The van der Waals surface area contributed by atoms with E-state index in [-0.39, 0.29) is 26.1 Å². The van der Waals surface area contributed by atoms with Crippen LogP contribution in [0.1, 0.15) is 130 Å². The summed E-state index contributed by atoms with van der Waals surface area (Å²) in [7, 11) is -4.30. The summed E-state index contributed by atoms with van der Waals surface area (Å²) in [4.78, 5) is 34.5. The minimum atomic E-state index is -4.30. The van der Waals surface area contributed by atoms with Crippen molar-refractivity contribution in [3.63, 3.8) is 0 Å². The Morgan fingerprint density at radius 3 is 1.72 bits per heavy atom. The molecule has 0 aromatic carbocycles. The number of carbonyl (C=O) groups excluding carboxylic acids is 2. The fourth-order valence-electron chi connectivity index (χ4n) is 4.19. The molecule has 47 heavy (non-hydrogen) atoms. The topological polar surface area (TPSA) is 108 Å². The van der Waals surface area contributed by atoms with Gasteiger partial charge in [0, 0.05) is 12.8 Å². The van der Waals surface area contributed by atoms with Crippen LogP contribution in [0.25, 0.3) is 0 Å². The highest BCUT2D eigenvalue weighted by Gasteiger charge is 2.25. The summed E-state index contributed by atoms with van der Waals surface area (Å²) in [5, 5.41) is 0. The number of unbranched alkanes of at least 4 members (excludes halogenated alkanes) is 7. The third-order valence-electron chi connectivity index (χ3n) is 6.76. The van der Waals surface area contributed by atoms with Crippen LogP contribution in [0.3, 0.4) is 0 Å². The second-order valence-corrected chi connectivity index (χ2v) is 12.6. The zero-order valence-electron chi connectivity index (χ0n) is 29.4. The molecule has 0 saturated heterocycles. The predicted molar refractivity (Wildman–Crippen MR) is 193 cm³/mol.